The number of aromatic amines is 1. The molecule has 2 rings (SSSR count). The van der Waals surface area contributed by atoms with Gasteiger partial charge in [0.25, 0.3) is 5.91 Å². The van der Waals surface area contributed by atoms with E-state index in [4.69, 9.17) is 5.73 Å². The molecule has 0 aliphatic heterocycles. The Kier molecular flexibility index (Phi) is 2.94. The smallest absolute Gasteiger partial charge is 0.273 e. The first kappa shape index (κ1) is 12.1. The minimum absolute atomic E-state index is 0.259. The van der Waals surface area contributed by atoms with Gasteiger partial charge < -0.3 is 11.1 Å². The Bertz CT molecular complexity index is 479. The van der Waals surface area contributed by atoms with Crippen LogP contribution < -0.4 is 11.1 Å². The summed E-state index contributed by atoms with van der Waals surface area (Å²) >= 11 is 3.31. The number of nitrogens with one attached hydrogen (secondary N) is 2. The maximum Gasteiger partial charge on any atom is 0.273 e. The number of hydrogen-bond acceptors (Lipinski definition) is 3. The summed E-state index contributed by atoms with van der Waals surface area (Å²) in [4.78, 5) is 23.1. The molecule has 6 nitrogen and oxygen atoms in total. The molecular formula is C10H13BrN4O2. The summed E-state index contributed by atoms with van der Waals surface area (Å²) < 4.78 is 0.637. The van der Waals surface area contributed by atoms with Crippen molar-refractivity contribution in [1.82, 2.24) is 15.5 Å². The number of carbonyl (C=O) groups excluding carboxylic acids is 2. The number of aryl methyl sites for hydroxylation is 1. The lowest BCUT2D eigenvalue weighted by molar-refractivity contribution is -0.120. The van der Waals surface area contributed by atoms with Gasteiger partial charge in [-0.25, -0.2) is 0 Å². The molecule has 1 aliphatic carbocycles. The van der Waals surface area contributed by atoms with Crippen LogP contribution in [-0.4, -0.2) is 27.6 Å². The molecule has 2 amide bonds. The third kappa shape index (κ3) is 2.06. The van der Waals surface area contributed by atoms with Crippen molar-refractivity contribution in [2.24, 2.45) is 5.73 Å². The normalized spacial score (nSPS) is 16.6. The molecule has 17 heavy (non-hydrogen) atoms. The second-order valence-corrected chi connectivity index (χ2v) is 4.91. The van der Waals surface area contributed by atoms with E-state index >= 15 is 0 Å². The Labute approximate surface area is 106 Å². The molecule has 0 unspecified atom stereocenters. The number of primary amides is 1. The highest BCUT2D eigenvalue weighted by Crippen LogP contribution is 2.35. The van der Waals surface area contributed by atoms with Gasteiger partial charge in [0.2, 0.25) is 5.91 Å². The SMILES string of the molecule is CCc1[nH]nc(C(=O)NC2(C(N)=O)CC2)c1Br. The van der Waals surface area contributed by atoms with Gasteiger partial charge in [0.05, 0.1) is 4.47 Å². The number of H-pyrrole nitrogens is 1. The summed E-state index contributed by atoms with van der Waals surface area (Å²) in [5, 5.41) is 9.32. The second-order valence-electron chi connectivity index (χ2n) is 4.12. The summed E-state index contributed by atoms with van der Waals surface area (Å²) in [6.07, 6.45) is 1.93. The van der Waals surface area contributed by atoms with E-state index in [-0.39, 0.29) is 11.6 Å². The molecule has 0 aromatic carbocycles. The van der Waals surface area contributed by atoms with E-state index in [9.17, 15) is 9.59 Å². The van der Waals surface area contributed by atoms with Gasteiger partial charge in [-0.2, -0.15) is 5.10 Å². The highest BCUT2D eigenvalue weighted by molar-refractivity contribution is 9.10. The monoisotopic (exact) mass is 300 g/mol. The standard InChI is InChI=1S/C10H13BrN4O2/c1-2-5-6(11)7(15-14-5)8(16)13-10(3-4-10)9(12)17/h2-4H2,1H3,(H2,12,17)(H,13,16)(H,14,15). The molecule has 0 radical (unpaired) electrons. The molecule has 7 heteroatoms. The zero-order chi connectivity index (χ0) is 12.6. The molecule has 4 N–H and O–H groups in total. The van der Waals surface area contributed by atoms with Crippen LogP contribution in [0.1, 0.15) is 35.9 Å². The van der Waals surface area contributed by atoms with Gasteiger partial charge in [-0.15, -0.1) is 0 Å². The number of rotatable bonds is 4. The molecule has 1 saturated carbocycles. The van der Waals surface area contributed by atoms with Crippen LogP contribution in [0.5, 0.6) is 0 Å². The zero-order valence-electron chi connectivity index (χ0n) is 9.34. The minimum Gasteiger partial charge on any atom is -0.368 e. The molecule has 1 heterocycles. The summed E-state index contributed by atoms with van der Waals surface area (Å²) in [6, 6.07) is 0. The third-order valence-electron chi connectivity index (χ3n) is 2.92. The average molecular weight is 301 g/mol. The number of hydrogen-bond donors (Lipinski definition) is 3. The summed E-state index contributed by atoms with van der Waals surface area (Å²) in [5.74, 6) is -0.877. The Morgan fingerprint density at radius 3 is 2.65 bits per heavy atom. The number of nitrogens with two attached hydrogens (primary N) is 1. The molecule has 1 fully saturated rings. The lowest BCUT2D eigenvalue weighted by Gasteiger charge is -2.12. The number of halogens is 1. The van der Waals surface area contributed by atoms with E-state index in [1.54, 1.807) is 0 Å². The van der Waals surface area contributed by atoms with E-state index in [1.807, 2.05) is 6.92 Å². The Balaban J connectivity index is 2.15. The fraction of sp³-hybridized carbons (Fsp3) is 0.500. The predicted molar refractivity (Wildman–Crippen MR) is 64.3 cm³/mol. The largest absolute Gasteiger partial charge is 0.368 e. The minimum atomic E-state index is -0.859. The first-order valence-corrected chi connectivity index (χ1v) is 6.14. The number of amides is 2. The van der Waals surface area contributed by atoms with Gasteiger partial charge in [0, 0.05) is 5.69 Å². The quantitative estimate of drug-likeness (QED) is 0.754. The molecule has 0 atom stereocenters. The molecule has 92 valence electrons. The van der Waals surface area contributed by atoms with E-state index in [1.165, 1.54) is 0 Å². The van der Waals surface area contributed by atoms with Gasteiger partial charge in [0.1, 0.15) is 5.54 Å². The van der Waals surface area contributed by atoms with E-state index in [0.717, 1.165) is 12.1 Å². The van der Waals surface area contributed by atoms with Crippen LogP contribution in [0.4, 0.5) is 0 Å². The summed E-state index contributed by atoms with van der Waals surface area (Å²) in [7, 11) is 0. The Morgan fingerprint density at radius 1 is 1.59 bits per heavy atom. The molecule has 1 aromatic rings. The molecular weight excluding hydrogens is 288 g/mol. The van der Waals surface area contributed by atoms with E-state index in [2.05, 4.69) is 31.4 Å². The van der Waals surface area contributed by atoms with Crippen molar-refractivity contribution in [3.8, 4) is 0 Å². The first-order chi connectivity index (χ1) is 8.00. The highest BCUT2D eigenvalue weighted by Gasteiger charge is 2.50. The first-order valence-electron chi connectivity index (χ1n) is 5.35. The average Bonchev–Trinajstić information content (AvgIpc) is 2.96. The van der Waals surface area contributed by atoms with Crippen molar-refractivity contribution in [2.75, 3.05) is 0 Å². The number of aromatic nitrogens is 2. The lowest BCUT2D eigenvalue weighted by atomic mass is 10.2. The predicted octanol–water partition coefficient (Wildman–Crippen LogP) is 0.482. The zero-order valence-corrected chi connectivity index (χ0v) is 10.9. The van der Waals surface area contributed by atoms with Gasteiger partial charge >= 0.3 is 0 Å². The molecule has 0 bridgehead atoms. The van der Waals surface area contributed by atoms with Crippen LogP contribution in [0.25, 0.3) is 0 Å². The van der Waals surface area contributed by atoms with Crippen LogP contribution >= 0.6 is 15.9 Å². The maximum atomic E-state index is 11.9. The van der Waals surface area contributed by atoms with Crippen molar-refractivity contribution in [1.29, 1.82) is 0 Å². The molecule has 0 spiro atoms. The van der Waals surface area contributed by atoms with Crippen LogP contribution in [0.2, 0.25) is 0 Å². The second kappa shape index (κ2) is 4.14. The van der Waals surface area contributed by atoms with Crippen LogP contribution in [0.15, 0.2) is 4.47 Å². The maximum absolute atomic E-state index is 11.9. The number of nitrogens with zero attached hydrogens (tertiary/aromatic N) is 1. The molecule has 1 aliphatic rings. The van der Waals surface area contributed by atoms with Gasteiger partial charge in [0.15, 0.2) is 5.69 Å². The van der Waals surface area contributed by atoms with Crippen molar-refractivity contribution < 1.29 is 9.59 Å². The number of carbonyl (C=O) groups is 2. The molecule has 1 aromatic heterocycles. The fourth-order valence-corrected chi connectivity index (χ4v) is 2.22. The van der Waals surface area contributed by atoms with Crippen molar-refractivity contribution in [3.63, 3.8) is 0 Å². The van der Waals surface area contributed by atoms with E-state index in [0.29, 0.717) is 17.3 Å². The van der Waals surface area contributed by atoms with Crippen LogP contribution in [-0.2, 0) is 11.2 Å². The third-order valence-corrected chi connectivity index (χ3v) is 3.77. The van der Waals surface area contributed by atoms with E-state index < -0.39 is 11.4 Å². The van der Waals surface area contributed by atoms with Crippen LogP contribution in [0, 0.1) is 0 Å². The highest BCUT2D eigenvalue weighted by atomic mass is 79.9. The van der Waals surface area contributed by atoms with Gasteiger partial charge in [-0.05, 0) is 35.2 Å². The van der Waals surface area contributed by atoms with Crippen LogP contribution in [0.3, 0.4) is 0 Å². The van der Waals surface area contributed by atoms with Gasteiger partial charge in [-0.3, -0.25) is 14.7 Å². The van der Waals surface area contributed by atoms with Crippen molar-refractivity contribution in [2.45, 2.75) is 31.7 Å². The fourth-order valence-electron chi connectivity index (χ4n) is 1.58. The van der Waals surface area contributed by atoms with Gasteiger partial charge in [-0.1, -0.05) is 6.92 Å². The summed E-state index contributed by atoms with van der Waals surface area (Å²) in [5.41, 5.74) is 5.48. The summed E-state index contributed by atoms with van der Waals surface area (Å²) in [6.45, 7) is 1.95. The molecule has 0 saturated heterocycles. The van der Waals surface area contributed by atoms with Crippen molar-refractivity contribution >= 4 is 27.7 Å². The lowest BCUT2D eigenvalue weighted by Crippen LogP contribution is -2.46. The Hall–Kier alpha value is -1.37. The van der Waals surface area contributed by atoms with Crippen molar-refractivity contribution in [3.05, 3.63) is 15.9 Å². The Morgan fingerprint density at radius 2 is 2.24 bits per heavy atom. The topological polar surface area (TPSA) is 101 Å².